The van der Waals surface area contributed by atoms with Crippen LogP contribution in [0.3, 0.4) is 0 Å². The Labute approximate surface area is 155 Å². The molecule has 1 aliphatic heterocycles. The van der Waals surface area contributed by atoms with Gasteiger partial charge in [0, 0.05) is 37.1 Å². The van der Waals surface area contributed by atoms with E-state index in [4.69, 9.17) is 0 Å². The molecule has 0 radical (unpaired) electrons. The molecule has 0 bridgehead atoms. The maximum atomic E-state index is 12.3. The van der Waals surface area contributed by atoms with Crippen LogP contribution >= 0.6 is 0 Å². The number of aromatic nitrogens is 1. The maximum absolute atomic E-state index is 12.3. The summed E-state index contributed by atoms with van der Waals surface area (Å²) in [6.45, 7) is 6.82. The van der Waals surface area contributed by atoms with E-state index in [1.807, 2.05) is 4.68 Å². The first-order chi connectivity index (χ1) is 12.5. The van der Waals surface area contributed by atoms with E-state index in [2.05, 4.69) is 42.4 Å². The summed E-state index contributed by atoms with van der Waals surface area (Å²) < 4.78 is 2.00. The Hall–Kier alpha value is -2.01. The zero-order chi connectivity index (χ0) is 18.4. The molecule has 2 atom stereocenters. The number of hydrogen-bond donors (Lipinski definition) is 1. The Kier molecular flexibility index (Phi) is 4.43. The van der Waals surface area contributed by atoms with Crippen LogP contribution in [-0.2, 0) is 6.42 Å². The summed E-state index contributed by atoms with van der Waals surface area (Å²) in [5, 5.41) is 1.38. The zero-order valence-electron chi connectivity index (χ0n) is 16.4. The molecule has 0 spiro atoms. The number of amides is 2. The maximum Gasteiger partial charge on any atom is 0.335 e. The molecule has 140 valence electrons. The van der Waals surface area contributed by atoms with E-state index in [1.54, 1.807) is 19.0 Å². The van der Waals surface area contributed by atoms with Crippen LogP contribution < -0.4 is 5.43 Å². The first-order valence-corrected chi connectivity index (χ1v) is 9.88. The number of hydrogen-bond acceptors (Lipinski definition) is 2. The molecule has 5 nitrogen and oxygen atoms in total. The number of nitrogens with one attached hydrogen (secondary N) is 1. The van der Waals surface area contributed by atoms with Gasteiger partial charge in [0.05, 0.1) is 5.52 Å². The number of benzene rings is 1. The SMILES string of the molecule is CCCN1CCC[C@@H]2c3cccc4c3c(c(C)n4NC(=O)N(C)C)C[C@H]21. The second kappa shape index (κ2) is 6.62. The van der Waals surface area contributed by atoms with Crippen LogP contribution in [0.5, 0.6) is 0 Å². The van der Waals surface area contributed by atoms with Crippen molar-refractivity contribution >= 4 is 16.9 Å². The number of carbonyl (C=O) groups excluding carboxylic acids is 1. The second-order valence-electron chi connectivity index (χ2n) is 8.01. The van der Waals surface area contributed by atoms with Crippen molar-refractivity contribution in [2.24, 2.45) is 0 Å². The molecule has 1 saturated heterocycles. The normalized spacial score (nSPS) is 22.3. The molecule has 1 N–H and O–H groups in total. The van der Waals surface area contributed by atoms with Gasteiger partial charge in [0.1, 0.15) is 0 Å². The van der Waals surface area contributed by atoms with Gasteiger partial charge in [-0.1, -0.05) is 19.1 Å². The van der Waals surface area contributed by atoms with Crippen LogP contribution in [0.1, 0.15) is 48.9 Å². The predicted molar refractivity (Wildman–Crippen MR) is 106 cm³/mol. The van der Waals surface area contributed by atoms with Crippen molar-refractivity contribution < 1.29 is 4.79 Å². The third-order valence-electron chi connectivity index (χ3n) is 6.22. The van der Waals surface area contributed by atoms with Gasteiger partial charge in [0.2, 0.25) is 0 Å². The number of piperidine rings is 1. The highest BCUT2D eigenvalue weighted by Crippen LogP contribution is 2.45. The monoisotopic (exact) mass is 354 g/mol. The Morgan fingerprint density at radius 2 is 2.15 bits per heavy atom. The van der Waals surface area contributed by atoms with E-state index in [9.17, 15) is 4.79 Å². The van der Waals surface area contributed by atoms with Crippen molar-refractivity contribution in [3.8, 4) is 0 Å². The lowest BCUT2D eigenvalue weighted by Gasteiger charge is -2.44. The van der Waals surface area contributed by atoms with Gasteiger partial charge >= 0.3 is 6.03 Å². The molecule has 2 aromatic rings. The van der Waals surface area contributed by atoms with E-state index in [0.29, 0.717) is 12.0 Å². The van der Waals surface area contributed by atoms with Crippen molar-refractivity contribution in [3.63, 3.8) is 0 Å². The summed E-state index contributed by atoms with van der Waals surface area (Å²) in [7, 11) is 3.55. The second-order valence-corrected chi connectivity index (χ2v) is 8.01. The Morgan fingerprint density at radius 3 is 2.88 bits per heavy atom. The molecule has 5 heteroatoms. The molecule has 0 saturated carbocycles. The third-order valence-corrected chi connectivity index (χ3v) is 6.22. The van der Waals surface area contributed by atoms with Crippen LogP contribution in [0.4, 0.5) is 4.79 Å². The van der Waals surface area contributed by atoms with Crippen LogP contribution in [0.2, 0.25) is 0 Å². The third kappa shape index (κ3) is 2.60. The quantitative estimate of drug-likeness (QED) is 0.913. The molecular weight excluding hydrogens is 324 g/mol. The van der Waals surface area contributed by atoms with E-state index in [1.165, 1.54) is 54.6 Å². The predicted octanol–water partition coefficient (Wildman–Crippen LogP) is 3.69. The Balaban J connectivity index is 1.82. The average Bonchev–Trinajstić information content (AvgIpc) is 2.90. The van der Waals surface area contributed by atoms with Crippen molar-refractivity contribution in [3.05, 3.63) is 35.0 Å². The smallest absolute Gasteiger partial charge is 0.330 e. The molecule has 1 aromatic carbocycles. The fourth-order valence-electron chi connectivity index (χ4n) is 5.00. The first kappa shape index (κ1) is 17.4. The fourth-order valence-corrected chi connectivity index (χ4v) is 5.00. The van der Waals surface area contributed by atoms with Crippen molar-refractivity contribution in [2.75, 3.05) is 32.6 Å². The summed E-state index contributed by atoms with van der Waals surface area (Å²) in [5.41, 5.74) is 8.27. The molecule has 1 fully saturated rings. The van der Waals surface area contributed by atoms with E-state index >= 15 is 0 Å². The van der Waals surface area contributed by atoms with Crippen molar-refractivity contribution in [1.29, 1.82) is 0 Å². The number of nitrogens with zero attached hydrogens (tertiary/aromatic N) is 3. The number of likely N-dealkylation sites (tertiary alicyclic amines) is 1. The molecule has 1 aromatic heterocycles. The largest absolute Gasteiger partial charge is 0.335 e. The van der Waals surface area contributed by atoms with E-state index in [0.717, 1.165) is 11.9 Å². The molecule has 2 heterocycles. The summed E-state index contributed by atoms with van der Waals surface area (Å²) in [6, 6.07) is 7.11. The highest BCUT2D eigenvalue weighted by molar-refractivity contribution is 5.93. The van der Waals surface area contributed by atoms with Gasteiger partial charge in [-0.2, -0.15) is 0 Å². The van der Waals surface area contributed by atoms with Crippen LogP contribution in [-0.4, -0.2) is 53.7 Å². The number of carbonyl (C=O) groups is 1. The van der Waals surface area contributed by atoms with Gasteiger partial charge in [-0.25, -0.2) is 10.2 Å². The molecule has 2 aliphatic rings. The highest BCUT2D eigenvalue weighted by Gasteiger charge is 2.38. The fraction of sp³-hybridized carbons (Fsp3) is 0.571. The Bertz CT molecular complexity index is 836. The average molecular weight is 354 g/mol. The summed E-state index contributed by atoms with van der Waals surface area (Å²) in [5.74, 6) is 0.617. The standard InChI is InChI=1S/C21H30N4O/c1-5-11-24-12-7-9-15-16-8-6-10-18-20(16)17(13-19(15)24)14(2)25(18)22-21(26)23(3)4/h6,8,10,15,19H,5,7,9,11-13H2,1-4H3,(H,22,26)/t15-,19-/m1/s1. The molecule has 1 aliphatic carbocycles. The minimum absolute atomic E-state index is 0.0915. The summed E-state index contributed by atoms with van der Waals surface area (Å²) in [6.07, 6.45) is 4.86. The van der Waals surface area contributed by atoms with Crippen molar-refractivity contribution in [1.82, 2.24) is 14.5 Å². The topological polar surface area (TPSA) is 40.5 Å². The van der Waals surface area contributed by atoms with E-state index in [-0.39, 0.29) is 6.03 Å². The number of fused-ring (bicyclic) bond motifs is 2. The van der Waals surface area contributed by atoms with Gasteiger partial charge in [0.15, 0.2) is 0 Å². The number of urea groups is 1. The van der Waals surface area contributed by atoms with Crippen molar-refractivity contribution in [2.45, 2.75) is 51.5 Å². The minimum Gasteiger partial charge on any atom is -0.330 e. The van der Waals surface area contributed by atoms with Crippen LogP contribution in [0.25, 0.3) is 10.9 Å². The molecule has 26 heavy (non-hydrogen) atoms. The molecular formula is C21H30N4O. The lowest BCUT2D eigenvalue weighted by Crippen LogP contribution is -2.47. The summed E-state index contributed by atoms with van der Waals surface area (Å²) in [4.78, 5) is 16.6. The van der Waals surface area contributed by atoms with Gasteiger partial charge in [-0.05, 0) is 62.9 Å². The molecule has 2 amide bonds. The Morgan fingerprint density at radius 1 is 1.35 bits per heavy atom. The van der Waals surface area contributed by atoms with Crippen LogP contribution in [0.15, 0.2) is 18.2 Å². The van der Waals surface area contributed by atoms with Crippen LogP contribution in [0, 0.1) is 6.92 Å². The number of rotatable bonds is 3. The highest BCUT2D eigenvalue weighted by atomic mass is 16.2. The lowest BCUT2D eigenvalue weighted by molar-refractivity contribution is 0.124. The van der Waals surface area contributed by atoms with E-state index < -0.39 is 0 Å². The lowest BCUT2D eigenvalue weighted by atomic mass is 9.74. The zero-order valence-corrected chi connectivity index (χ0v) is 16.4. The molecule has 0 unspecified atom stereocenters. The summed E-state index contributed by atoms with van der Waals surface area (Å²) >= 11 is 0. The van der Waals surface area contributed by atoms with Gasteiger partial charge < -0.3 is 4.90 Å². The molecule has 4 rings (SSSR count). The van der Waals surface area contributed by atoms with Gasteiger partial charge in [0.25, 0.3) is 0 Å². The van der Waals surface area contributed by atoms with Gasteiger partial charge in [-0.15, -0.1) is 0 Å². The minimum atomic E-state index is -0.0915. The van der Waals surface area contributed by atoms with Gasteiger partial charge in [-0.3, -0.25) is 9.58 Å². The first-order valence-electron chi connectivity index (χ1n) is 9.88.